The molecule has 1 aromatic heterocycles. The number of furan rings is 1. The first-order chi connectivity index (χ1) is 11.5. The average Bonchev–Trinajstić information content (AvgIpc) is 3.10. The smallest absolute Gasteiger partial charge is 0.411 e. The van der Waals surface area contributed by atoms with Crippen LogP contribution in [0.4, 0.5) is 10.5 Å². The Hall–Kier alpha value is -2.36. The first kappa shape index (κ1) is 18.0. The molecule has 1 heterocycles. The summed E-state index contributed by atoms with van der Waals surface area (Å²) in [4.78, 5) is 11.2. The van der Waals surface area contributed by atoms with Crippen molar-refractivity contribution in [1.82, 2.24) is 4.72 Å². The molecule has 1 atom stereocenters. The fourth-order valence-electron chi connectivity index (χ4n) is 1.93. The van der Waals surface area contributed by atoms with E-state index in [1.807, 2.05) is 0 Å². The third-order valence-electron chi connectivity index (χ3n) is 3.20. The number of carbonyl (C=O) groups is 1. The summed E-state index contributed by atoms with van der Waals surface area (Å²) >= 11 is 0. The van der Waals surface area contributed by atoms with Crippen LogP contribution < -0.4 is 10.0 Å². The number of amides is 1. The van der Waals surface area contributed by atoms with Gasteiger partial charge < -0.3 is 13.9 Å². The normalized spacial score (nSPS) is 12.6. The molecule has 0 aliphatic carbocycles. The zero-order valence-electron chi connectivity index (χ0n) is 13.2. The summed E-state index contributed by atoms with van der Waals surface area (Å²) in [5.74, 6) is 0.526. The number of sulfonamides is 1. The van der Waals surface area contributed by atoms with Gasteiger partial charge in [0.1, 0.15) is 11.9 Å². The second kappa shape index (κ2) is 7.95. The van der Waals surface area contributed by atoms with Crippen molar-refractivity contribution in [3.63, 3.8) is 0 Å². The molecule has 0 saturated carbocycles. The standard InChI is InChI=1S/C15H18N2O6S/c1-21-14(13-4-3-9-23-13)10-16-24(19,20)12-7-5-11(6-8-12)17-15(18)22-2/h3-9,14,16H,10H2,1-2H3,(H,17,18)/t14-/m1/s1. The van der Waals surface area contributed by atoms with Crippen LogP contribution in [0, 0.1) is 0 Å². The second-order valence-electron chi connectivity index (χ2n) is 4.73. The first-order valence-corrected chi connectivity index (χ1v) is 8.45. The van der Waals surface area contributed by atoms with Crippen LogP contribution in [0.1, 0.15) is 11.9 Å². The molecule has 8 nitrogen and oxygen atoms in total. The molecule has 1 amide bonds. The van der Waals surface area contributed by atoms with Gasteiger partial charge in [0.25, 0.3) is 0 Å². The maximum absolute atomic E-state index is 12.3. The Balaban J connectivity index is 2.03. The number of hydrogen-bond acceptors (Lipinski definition) is 6. The molecule has 0 radical (unpaired) electrons. The van der Waals surface area contributed by atoms with Crippen LogP contribution in [0.3, 0.4) is 0 Å². The van der Waals surface area contributed by atoms with E-state index >= 15 is 0 Å². The van der Waals surface area contributed by atoms with Crippen molar-refractivity contribution in [3.8, 4) is 0 Å². The number of carbonyl (C=O) groups excluding carboxylic acids is 1. The van der Waals surface area contributed by atoms with Gasteiger partial charge in [0.2, 0.25) is 10.0 Å². The Labute approximate surface area is 139 Å². The summed E-state index contributed by atoms with van der Waals surface area (Å²) in [7, 11) is -1.02. The third-order valence-corrected chi connectivity index (χ3v) is 4.64. The molecule has 2 aromatic rings. The highest BCUT2D eigenvalue weighted by Crippen LogP contribution is 2.18. The van der Waals surface area contributed by atoms with Gasteiger partial charge in [-0.05, 0) is 36.4 Å². The lowest BCUT2D eigenvalue weighted by molar-refractivity contribution is 0.0878. The van der Waals surface area contributed by atoms with Crippen molar-refractivity contribution >= 4 is 21.8 Å². The fourth-order valence-corrected chi connectivity index (χ4v) is 2.96. The lowest BCUT2D eigenvalue weighted by atomic mass is 10.3. The van der Waals surface area contributed by atoms with Crippen molar-refractivity contribution in [1.29, 1.82) is 0 Å². The van der Waals surface area contributed by atoms with Crippen LogP contribution in [0.5, 0.6) is 0 Å². The predicted molar refractivity (Wildman–Crippen MR) is 86.1 cm³/mol. The predicted octanol–water partition coefficient (Wildman–Crippen LogP) is 2.12. The number of ether oxygens (including phenoxy) is 2. The molecule has 0 aliphatic rings. The molecule has 0 unspecified atom stereocenters. The van der Waals surface area contributed by atoms with E-state index in [0.717, 1.165) is 0 Å². The largest absolute Gasteiger partial charge is 0.467 e. The molecule has 2 rings (SSSR count). The molecule has 0 bridgehead atoms. The Morgan fingerprint density at radius 2 is 1.92 bits per heavy atom. The molecule has 1 aromatic carbocycles. The summed E-state index contributed by atoms with van der Waals surface area (Å²) in [5.41, 5.74) is 0.422. The number of anilines is 1. The molecule has 0 aliphatic heterocycles. The lowest BCUT2D eigenvalue weighted by Crippen LogP contribution is -2.29. The maximum Gasteiger partial charge on any atom is 0.411 e. The van der Waals surface area contributed by atoms with Gasteiger partial charge in [0.05, 0.1) is 18.3 Å². The van der Waals surface area contributed by atoms with Crippen LogP contribution in [-0.2, 0) is 19.5 Å². The number of hydrogen-bond donors (Lipinski definition) is 2. The number of nitrogens with one attached hydrogen (secondary N) is 2. The van der Waals surface area contributed by atoms with E-state index in [1.165, 1.54) is 44.7 Å². The minimum absolute atomic E-state index is 0.0223. The number of benzene rings is 1. The molecule has 130 valence electrons. The van der Waals surface area contributed by atoms with Gasteiger partial charge in [-0.25, -0.2) is 17.9 Å². The molecular weight excluding hydrogens is 336 g/mol. The van der Waals surface area contributed by atoms with E-state index in [-0.39, 0.29) is 11.4 Å². The molecule has 9 heteroatoms. The van der Waals surface area contributed by atoms with Gasteiger partial charge in [0.15, 0.2) is 0 Å². The van der Waals surface area contributed by atoms with E-state index in [4.69, 9.17) is 9.15 Å². The number of rotatable bonds is 7. The lowest BCUT2D eigenvalue weighted by Gasteiger charge is -2.14. The van der Waals surface area contributed by atoms with Crippen LogP contribution in [0.25, 0.3) is 0 Å². The zero-order chi connectivity index (χ0) is 17.6. The SMILES string of the molecule is COC(=O)Nc1ccc(S(=O)(=O)NC[C@@H](OC)c2ccco2)cc1. The Bertz CT molecular complexity index is 756. The van der Waals surface area contributed by atoms with Crippen molar-refractivity contribution in [2.45, 2.75) is 11.0 Å². The molecule has 0 fully saturated rings. The highest BCUT2D eigenvalue weighted by atomic mass is 32.2. The number of methoxy groups -OCH3 is 2. The van der Waals surface area contributed by atoms with Gasteiger partial charge in [0, 0.05) is 19.3 Å². The van der Waals surface area contributed by atoms with E-state index in [0.29, 0.717) is 11.4 Å². The Morgan fingerprint density at radius 1 is 1.21 bits per heavy atom. The van der Waals surface area contributed by atoms with Crippen molar-refractivity contribution in [3.05, 3.63) is 48.4 Å². The van der Waals surface area contributed by atoms with Crippen LogP contribution in [0.15, 0.2) is 52.0 Å². The van der Waals surface area contributed by atoms with Crippen LogP contribution in [0.2, 0.25) is 0 Å². The van der Waals surface area contributed by atoms with Crippen LogP contribution >= 0.6 is 0 Å². The van der Waals surface area contributed by atoms with Gasteiger partial charge in [-0.1, -0.05) is 0 Å². The van der Waals surface area contributed by atoms with E-state index in [2.05, 4.69) is 14.8 Å². The molecule has 0 saturated heterocycles. The molecule has 0 spiro atoms. The highest BCUT2D eigenvalue weighted by molar-refractivity contribution is 7.89. The quantitative estimate of drug-likeness (QED) is 0.789. The summed E-state index contributed by atoms with van der Waals surface area (Å²) in [5, 5.41) is 2.44. The zero-order valence-corrected chi connectivity index (χ0v) is 14.0. The van der Waals surface area contributed by atoms with E-state index in [1.54, 1.807) is 12.1 Å². The molecule has 2 N–H and O–H groups in total. The Morgan fingerprint density at radius 3 is 2.46 bits per heavy atom. The third kappa shape index (κ3) is 4.57. The minimum Gasteiger partial charge on any atom is -0.467 e. The van der Waals surface area contributed by atoms with Gasteiger partial charge in [-0.15, -0.1) is 0 Å². The minimum atomic E-state index is -3.72. The highest BCUT2D eigenvalue weighted by Gasteiger charge is 2.19. The van der Waals surface area contributed by atoms with E-state index < -0.39 is 22.2 Å². The summed E-state index contributed by atoms with van der Waals surface area (Å²) in [6.07, 6.45) is 0.322. The maximum atomic E-state index is 12.3. The molecule has 24 heavy (non-hydrogen) atoms. The van der Waals surface area contributed by atoms with Crippen molar-refractivity contribution < 1.29 is 27.1 Å². The van der Waals surface area contributed by atoms with E-state index in [9.17, 15) is 13.2 Å². The fraction of sp³-hybridized carbons (Fsp3) is 0.267. The molecular formula is C15H18N2O6S. The van der Waals surface area contributed by atoms with Crippen molar-refractivity contribution in [2.75, 3.05) is 26.1 Å². The monoisotopic (exact) mass is 354 g/mol. The second-order valence-corrected chi connectivity index (χ2v) is 6.50. The summed E-state index contributed by atoms with van der Waals surface area (Å²) < 4.78 is 42.0. The summed E-state index contributed by atoms with van der Waals surface area (Å²) in [6, 6.07) is 9.08. The summed E-state index contributed by atoms with van der Waals surface area (Å²) in [6.45, 7) is 0.0223. The van der Waals surface area contributed by atoms with Crippen molar-refractivity contribution in [2.24, 2.45) is 0 Å². The van der Waals surface area contributed by atoms with Gasteiger partial charge in [-0.2, -0.15) is 0 Å². The topological polar surface area (TPSA) is 107 Å². The van der Waals surface area contributed by atoms with Gasteiger partial charge >= 0.3 is 6.09 Å². The average molecular weight is 354 g/mol. The Kier molecular flexibility index (Phi) is 5.96. The first-order valence-electron chi connectivity index (χ1n) is 6.97. The van der Waals surface area contributed by atoms with Gasteiger partial charge in [-0.3, -0.25) is 5.32 Å². The van der Waals surface area contributed by atoms with Crippen LogP contribution in [-0.4, -0.2) is 35.3 Å².